The standard InChI is InChI=1S/C19H18F2N6O2S/c1-10(20)13-9-29-19(28)27(13)16-4-6-23-18(26-16)25-11(2)14-8-24-17(30-14)12-3-5-22-15(21)7-12/h3-8,10-11,13H,9H2,1-2H3,(H,23,25,26)/t10-,11-,13+/m0/s1. The van der Waals surface area contributed by atoms with Gasteiger partial charge >= 0.3 is 6.09 Å². The molecule has 0 spiro atoms. The van der Waals surface area contributed by atoms with E-state index in [1.54, 1.807) is 12.3 Å². The van der Waals surface area contributed by atoms with Gasteiger partial charge in [-0.1, -0.05) is 0 Å². The van der Waals surface area contributed by atoms with E-state index in [-0.39, 0.29) is 24.4 Å². The molecule has 156 valence electrons. The number of cyclic esters (lactones) is 1. The van der Waals surface area contributed by atoms with Crippen molar-refractivity contribution in [1.82, 2.24) is 19.9 Å². The number of aromatic nitrogens is 4. The fourth-order valence-electron chi connectivity index (χ4n) is 3.01. The predicted octanol–water partition coefficient (Wildman–Crippen LogP) is 3.99. The molecule has 3 aromatic heterocycles. The van der Waals surface area contributed by atoms with Crippen LogP contribution in [0.3, 0.4) is 0 Å². The molecule has 4 heterocycles. The zero-order valence-electron chi connectivity index (χ0n) is 16.1. The van der Waals surface area contributed by atoms with Crippen molar-refractivity contribution in [3.63, 3.8) is 0 Å². The molecule has 3 aromatic rings. The summed E-state index contributed by atoms with van der Waals surface area (Å²) in [5, 5.41) is 3.81. The third kappa shape index (κ3) is 4.06. The van der Waals surface area contributed by atoms with Crippen molar-refractivity contribution in [1.29, 1.82) is 0 Å². The summed E-state index contributed by atoms with van der Waals surface area (Å²) < 4.78 is 32.2. The number of pyridine rings is 1. The normalized spacial score (nSPS) is 18.2. The van der Waals surface area contributed by atoms with Gasteiger partial charge in [0.2, 0.25) is 11.9 Å². The summed E-state index contributed by atoms with van der Waals surface area (Å²) in [6.45, 7) is 3.24. The second kappa shape index (κ2) is 8.27. The van der Waals surface area contributed by atoms with Crippen LogP contribution in [0.15, 0.2) is 36.8 Å². The summed E-state index contributed by atoms with van der Waals surface area (Å²) in [5.74, 6) is -0.0363. The van der Waals surface area contributed by atoms with Crippen molar-refractivity contribution >= 4 is 29.2 Å². The van der Waals surface area contributed by atoms with Gasteiger partial charge in [0.15, 0.2) is 0 Å². The van der Waals surface area contributed by atoms with Crippen LogP contribution in [-0.4, -0.2) is 44.8 Å². The molecule has 1 aliphatic heterocycles. The minimum atomic E-state index is -1.27. The number of thiazole rings is 1. The predicted molar refractivity (Wildman–Crippen MR) is 108 cm³/mol. The first-order valence-corrected chi connectivity index (χ1v) is 10.0. The molecule has 0 saturated carbocycles. The Morgan fingerprint density at radius 3 is 2.83 bits per heavy atom. The highest BCUT2D eigenvalue weighted by atomic mass is 32.1. The van der Waals surface area contributed by atoms with Gasteiger partial charge in [-0.3, -0.25) is 4.90 Å². The van der Waals surface area contributed by atoms with Gasteiger partial charge in [0.25, 0.3) is 0 Å². The lowest BCUT2D eigenvalue weighted by Gasteiger charge is -2.22. The van der Waals surface area contributed by atoms with E-state index < -0.39 is 24.3 Å². The highest BCUT2D eigenvalue weighted by molar-refractivity contribution is 7.15. The Balaban J connectivity index is 1.51. The minimum absolute atomic E-state index is 0.0289. The summed E-state index contributed by atoms with van der Waals surface area (Å²) in [6.07, 6.45) is 2.66. The molecule has 1 amide bonds. The zero-order valence-corrected chi connectivity index (χ0v) is 16.9. The molecule has 0 bridgehead atoms. The van der Waals surface area contributed by atoms with E-state index in [1.165, 1.54) is 47.7 Å². The van der Waals surface area contributed by atoms with Gasteiger partial charge in [-0.25, -0.2) is 24.1 Å². The van der Waals surface area contributed by atoms with E-state index in [4.69, 9.17) is 4.74 Å². The van der Waals surface area contributed by atoms with Crippen LogP contribution in [0.25, 0.3) is 10.6 Å². The van der Waals surface area contributed by atoms with Crippen LogP contribution in [0.4, 0.5) is 25.3 Å². The number of halogens is 2. The Kier molecular flexibility index (Phi) is 5.53. The molecule has 11 heteroatoms. The Morgan fingerprint density at radius 2 is 2.07 bits per heavy atom. The van der Waals surface area contributed by atoms with Crippen LogP contribution in [0.5, 0.6) is 0 Å². The number of nitrogens with one attached hydrogen (secondary N) is 1. The molecular weight excluding hydrogens is 414 g/mol. The average Bonchev–Trinajstić information content (AvgIpc) is 3.35. The van der Waals surface area contributed by atoms with E-state index in [1.807, 2.05) is 6.92 Å². The lowest BCUT2D eigenvalue weighted by molar-refractivity contribution is 0.174. The zero-order chi connectivity index (χ0) is 21.3. The Bertz CT molecular complexity index is 1060. The number of carbonyl (C=O) groups is 1. The highest BCUT2D eigenvalue weighted by Gasteiger charge is 2.39. The number of hydrogen-bond acceptors (Lipinski definition) is 8. The van der Waals surface area contributed by atoms with Gasteiger partial charge in [-0.15, -0.1) is 11.3 Å². The number of alkyl halides is 1. The third-order valence-electron chi connectivity index (χ3n) is 4.59. The van der Waals surface area contributed by atoms with Gasteiger partial charge in [0.1, 0.15) is 29.6 Å². The quantitative estimate of drug-likeness (QED) is 0.589. The monoisotopic (exact) mass is 432 g/mol. The molecule has 1 saturated heterocycles. The number of carbonyl (C=O) groups excluding carboxylic acids is 1. The fraction of sp³-hybridized carbons (Fsp3) is 0.316. The van der Waals surface area contributed by atoms with Crippen LogP contribution < -0.4 is 10.2 Å². The van der Waals surface area contributed by atoms with E-state index in [0.717, 1.165) is 4.88 Å². The summed E-state index contributed by atoms with van der Waals surface area (Å²) in [6, 6.07) is 3.60. The van der Waals surface area contributed by atoms with Crippen molar-refractivity contribution in [3.8, 4) is 10.6 Å². The van der Waals surface area contributed by atoms with Gasteiger partial charge in [0.05, 0.1) is 6.04 Å². The fourth-order valence-corrected chi connectivity index (χ4v) is 3.93. The summed E-state index contributed by atoms with van der Waals surface area (Å²) in [5.41, 5.74) is 0.642. The van der Waals surface area contributed by atoms with Gasteiger partial charge in [0, 0.05) is 35.1 Å². The number of amides is 1. The van der Waals surface area contributed by atoms with Crippen LogP contribution in [0.2, 0.25) is 0 Å². The van der Waals surface area contributed by atoms with E-state index in [2.05, 4.69) is 25.3 Å². The Morgan fingerprint density at radius 1 is 1.27 bits per heavy atom. The number of hydrogen-bond donors (Lipinski definition) is 1. The maximum Gasteiger partial charge on any atom is 0.416 e. The van der Waals surface area contributed by atoms with E-state index in [9.17, 15) is 13.6 Å². The Hall–Kier alpha value is -3.21. The van der Waals surface area contributed by atoms with Crippen molar-refractivity contribution < 1.29 is 18.3 Å². The van der Waals surface area contributed by atoms with Gasteiger partial charge in [-0.05, 0) is 26.0 Å². The maximum atomic E-state index is 13.8. The lowest BCUT2D eigenvalue weighted by atomic mass is 10.2. The third-order valence-corrected chi connectivity index (χ3v) is 5.82. The second-order valence-corrected chi connectivity index (χ2v) is 7.79. The summed E-state index contributed by atoms with van der Waals surface area (Å²) >= 11 is 1.40. The number of anilines is 2. The van der Waals surface area contributed by atoms with Gasteiger partial charge in [-0.2, -0.15) is 9.37 Å². The first-order valence-electron chi connectivity index (χ1n) is 9.19. The minimum Gasteiger partial charge on any atom is -0.447 e. The second-order valence-electron chi connectivity index (χ2n) is 6.73. The molecule has 3 atom stereocenters. The number of nitrogens with zero attached hydrogens (tertiary/aromatic N) is 5. The van der Waals surface area contributed by atoms with Crippen LogP contribution in [-0.2, 0) is 4.74 Å². The molecule has 0 unspecified atom stereocenters. The molecule has 8 nitrogen and oxygen atoms in total. The molecular formula is C19H18F2N6O2S. The van der Waals surface area contributed by atoms with Crippen LogP contribution >= 0.6 is 11.3 Å². The number of rotatable bonds is 6. The number of ether oxygens (including phenoxy) is 1. The van der Waals surface area contributed by atoms with Crippen molar-refractivity contribution in [2.75, 3.05) is 16.8 Å². The van der Waals surface area contributed by atoms with E-state index in [0.29, 0.717) is 10.6 Å². The maximum absolute atomic E-state index is 13.8. The largest absolute Gasteiger partial charge is 0.447 e. The SMILES string of the molecule is C[C@H](Nc1nccc(N2C(=O)OC[C@@H]2[C@H](C)F)n1)c1cnc(-c2ccnc(F)c2)s1. The average molecular weight is 432 g/mol. The van der Waals surface area contributed by atoms with Crippen LogP contribution in [0.1, 0.15) is 24.8 Å². The lowest BCUT2D eigenvalue weighted by Crippen LogP contribution is -2.39. The smallest absolute Gasteiger partial charge is 0.416 e. The molecule has 0 radical (unpaired) electrons. The highest BCUT2D eigenvalue weighted by Crippen LogP contribution is 2.30. The molecule has 4 rings (SSSR count). The summed E-state index contributed by atoms with van der Waals surface area (Å²) in [7, 11) is 0. The first-order chi connectivity index (χ1) is 14.4. The van der Waals surface area contributed by atoms with Crippen LogP contribution in [0, 0.1) is 5.95 Å². The summed E-state index contributed by atoms with van der Waals surface area (Å²) in [4.78, 5) is 30.5. The topological polar surface area (TPSA) is 93.1 Å². The molecule has 30 heavy (non-hydrogen) atoms. The Labute approximate surface area is 175 Å². The molecule has 0 aromatic carbocycles. The van der Waals surface area contributed by atoms with E-state index >= 15 is 0 Å². The van der Waals surface area contributed by atoms with Crippen molar-refractivity contribution in [2.24, 2.45) is 0 Å². The molecule has 1 fully saturated rings. The van der Waals surface area contributed by atoms with Gasteiger partial charge < -0.3 is 10.1 Å². The molecule has 1 aliphatic rings. The molecule has 1 N–H and O–H groups in total. The van der Waals surface area contributed by atoms with Crippen molar-refractivity contribution in [3.05, 3.63) is 47.6 Å². The molecule has 0 aliphatic carbocycles. The first kappa shape index (κ1) is 20.1. The van der Waals surface area contributed by atoms with Crippen molar-refractivity contribution in [2.45, 2.75) is 32.1 Å².